The van der Waals surface area contributed by atoms with Crippen LogP contribution in [0.5, 0.6) is 5.75 Å². The lowest BCUT2D eigenvalue weighted by Crippen LogP contribution is -2.53. The first kappa shape index (κ1) is 20.6. The van der Waals surface area contributed by atoms with E-state index in [1.165, 1.54) is 6.42 Å². The second-order valence-electron chi connectivity index (χ2n) is 8.50. The molecule has 3 rings (SSSR count). The molecule has 0 spiro atoms. The molecule has 2 fully saturated rings. The number of amides is 2. The Bertz CT molecular complexity index is 703. The van der Waals surface area contributed by atoms with Crippen LogP contribution in [0.3, 0.4) is 0 Å². The van der Waals surface area contributed by atoms with Crippen LogP contribution in [-0.4, -0.2) is 79.4 Å². The van der Waals surface area contributed by atoms with Gasteiger partial charge in [0.2, 0.25) is 5.91 Å². The van der Waals surface area contributed by atoms with E-state index < -0.39 is 0 Å². The zero-order valence-electron chi connectivity index (χ0n) is 17.6. The van der Waals surface area contributed by atoms with Crippen molar-refractivity contribution in [2.45, 2.75) is 27.2 Å². The number of aryl methyl sites for hydroxylation is 1. The molecule has 2 unspecified atom stereocenters. The van der Waals surface area contributed by atoms with Gasteiger partial charge >= 0.3 is 0 Å². The van der Waals surface area contributed by atoms with Crippen LogP contribution in [0.4, 0.5) is 0 Å². The third kappa shape index (κ3) is 4.85. The van der Waals surface area contributed by atoms with Crippen LogP contribution >= 0.6 is 0 Å². The molecule has 1 aromatic carbocycles. The number of methoxy groups -OCH3 is 1. The lowest BCUT2D eigenvalue weighted by atomic mass is 9.92. The monoisotopic (exact) mass is 387 g/mol. The van der Waals surface area contributed by atoms with Gasteiger partial charge in [0.15, 0.2) is 0 Å². The van der Waals surface area contributed by atoms with Crippen LogP contribution in [0, 0.1) is 18.8 Å². The zero-order valence-corrected chi connectivity index (χ0v) is 17.6. The van der Waals surface area contributed by atoms with Crippen LogP contribution in [0.25, 0.3) is 0 Å². The normalized spacial score (nSPS) is 23.6. The van der Waals surface area contributed by atoms with Crippen molar-refractivity contribution in [3.8, 4) is 5.75 Å². The van der Waals surface area contributed by atoms with Crippen molar-refractivity contribution < 1.29 is 14.3 Å². The predicted molar refractivity (Wildman–Crippen MR) is 110 cm³/mol. The van der Waals surface area contributed by atoms with E-state index in [1.807, 2.05) is 34.9 Å². The van der Waals surface area contributed by atoms with Gasteiger partial charge in [-0.1, -0.05) is 19.9 Å². The number of carbonyl (C=O) groups excluding carboxylic acids is 2. The Balaban J connectivity index is 1.51. The minimum Gasteiger partial charge on any atom is -0.496 e. The molecule has 0 saturated carbocycles. The number of likely N-dealkylation sites (tertiary alicyclic amines) is 1. The fourth-order valence-corrected chi connectivity index (χ4v) is 4.40. The third-order valence-electron chi connectivity index (χ3n) is 5.89. The first-order valence-electron chi connectivity index (χ1n) is 10.3. The number of piperidine rings is 1. The molecule has 2 saturated heterocycles. The molecular formula is C22H33N3O3. The summed E-state index contributed by atoms with van der Waals surface area (Å²) in [5, 5.41) is 0. The fraction of sp³-hybridized carbons (Fsp3) is 0.636. The Kier molecular flexibility index (Phi) is 6.60. The molecule has 2 aliphatic heterocycles. The standard InChI is InChI=1S/C22H33N3O3/c1-16-11-17(2)14-25(13-16)21(26)15-23-7-9-24(10-8-23)22(27)19-6-5-18(3)20(12-19)28-4/h5-6,12,16-17H,7-11,13-15H2,1-4H3. The molecule has 0 aromatic heterocycles. The predicted octanol–water partition coefficient (Wildman–Crippen LogP) is 2.27. The van der Waals surface area contributed by atoms with Gasteiger partial charge in [-0.3, -0.25) is 14.5 Å². The number of rotatable bonds is 4. The highest BCUT2D eigenvalue weighted by molar-refractivity contribution is 5.94. The molecule has 2 amide bonds. The summed E-state index contributed by atoms with van der Waals surface area (Å²) in [6.45, 7) is 11.4. The summed E-state index contributed by atoms with van der Waals surface area (Å²) in [6, 6.07) is 5.59. The molecule has 6 nitrogen and oxygen atoms in total. The van der Waals surface area contributed by atoms with Crippen LogP contribution in [0.1, 0.15) is 36.2 Å². The van der Waals surface area contributed by atoms with Gasteiger partial charge in [0.05, 0.1) is 13.7 Å². The van der Waals surface area contributed by atoms with E-state index in [9.17, 15) is 9.59 Å². The van der Waals surface area contributed by atoms with Gasteiger partial charge in [0.25, 0.3) is 5.91 Å². The SMILES string of the molecule is COc1cc(C(=O)N2CCN(CC(=O)N3CC(C)CC(C)C3)CC2)ccc1C. The highest BCUT2D eigenvalue weighted by Gasteiger charge is 2.28. The summed E-state index contributed by atoms with van der Waals surface area (Å²) >= 11 is 0. The highest BCUT2D eigenvalue weighted by atomic mass is 16.5. The van der Waals surface area contributed by atoms with Crippen molar-refractivity contribution >= 4 is 11.8 Å². The van der Waals surface area contributed by atoms with Crippen molar-refractivity contribution in [1.82, 2.24) is 14.7 Å². The van der Waals surface area contributed by atoms with Crippen LogP contribution in [0.15, 0.2) is 18.2 Å². The summed E-state index contributed by atoms with van der Waals surface area (Å²) < 4.78 is 5.34. The minimum absolute atomic E-state index is 0.0305. The first-order valence-corrected chi connectivity index (χ1v) is 10.3. The molecule has 2 heterocycles. The Hall–Kier alpha value is -2.08. The van der Waals surface area contributed by atoms with Gasteiger partial charge in [-0.25, -0.2) is 0 Å². The number of benzene rings is 1. The second kappa shape index (κ2) is 8.95. The van der Waals surface area contributed by atoms with Gasteiger partial charge in [0, 0.05) is 44.8 Å². The zero-order chi connectivity index (χ0) is 20.3. The molecule has 6 heteroatoms. The topological polar surface area (TPSA) is 53.1 Å². The molecule has 0 bridgehead atoms. The summed E-state index contributed by atoms with van der Waals surface area (Å²) in [5.41, 5.74) is 1.67. The molecular weight excluding hydrogens is 354 g/mol. The van der Waals surface area contributed by atoms with E-state index in [0.29, 0.717) is 37.0 Å². The summed E-state index contributed by atoms with van der Waals surface area (Å²) in [6.07, 6.45) is 1.20. The summed E-state index contributed by atoms with van der Waals surface area (Å²) in [7, 11) is 1.62. The van der Waals surface area contributed by atoms with Crippen LogP contribution < -0.4 is 4.74 Å². The molecule has 0 radical (unpaired) electrons. The van der Waals surface area contributed by atoms with E-state index >= 15 is 0 Å². The van der Waals surface area contributed by atoms with E-state index in [1.54, 1.807) is 7.11 Å². The van der Waals surface area contributed by atoms with E-state index in [4.69, 9.17) is 4.74 Å². The average molecular weight is 388 g/mol. The Morgan fingerprint density at radius 1 is 1.04 bits per heavy atom. The Morgan fingerprint density at radius 2 is 1.68 bits per heavy atom. The summed E-state index contributed by atoms with van der Waals surface area (Å²) in [4.78, 5) is 31.6. The number of ether oxygens (including phenoxy) is 1. The molecule has 2 aliphatic rings. The van der Waals surface area contributed by atoms with Gasteiger partial charge in [-0.05, 0) is 42.9 Å². The first-order chi connectivity index (χ1) is 13.4. The maximum atomic E-state index is 12.8. The smallest absolute Gasteiger partial charge is 0.254 e. The maximum absolute atomic E-state index is 12.8. The fourth-order valence-electron chi connectivity index (χ4n) is 4.40. The number of carbonyl (C=O) groups is 2. The largest absolute Gasteiger partial charge is 0.496 e. The van der Waals surface area contributed by atoms with Crippen molar-refractivity contribution in [3.05, 3.63) is 29.3 Å². The third-order valence-corrected chi connectivity index (χ3v) is 5.89. The molecule has 0 aliphatic carbocycles. The Labute approximate surface area is 168 Å². The van der Waals surface area contributed by atoms with Gasteiger partial charge in [-0.15, -0.1) is 0 Å². The van der Waals surface area contributed by atoms with Crippen molar-refractivity contribution in [3.63, 3.8) is 0 Å². The van der Waals surface area contributed by atoms with Gasteiger partial charge in [-0.2, -0.15) is 0 Å². The molecule has 28 heavy (non-hydrogen) atoms. The van der Waals surface area contributed by atoms with Crippen molar-refractivity contribution in [2.24, 2.45) is 11.8 Å². The minimum atomic E-state index is 0.0305. The molecule has 0 N–H and O–H groups in total. The molecule has 2 atom stereocenters. The molecule has 1 aromatic rings. The quantitative estimate of drug-likeness (QED) is 0.795. The van der Waals surface area contributed by atoms with E-state index in [0.717, 1.165) is 37.5 Å². The lowest BCUT2D eigenvalue weighted by Gasteiger charge is -2.38. The second-order valence-corrected chi connectivity index (χ2v) is 8.50. The van der Waals surface area contributed by atoms with Crippen molar-refractivity contribution in [1.29, 1.82) is 0 Å². The van der Waals surface area contributed by atoms with Crippen LogP contribution in [0.2, 0.25) is 0 Å². The van der Waals surface area contributed by atoms with Gasteiger partial charge < -0.3 is 14.5 Å². The number of hydrogen-bond acceptors (Lipinski definition) is 4. The van der Waals surface area contributed by atoms with Crippen molar-refractivity contribution in [2.75, 3.05) is 52.9 Å². The highest BCUT2D eigenvalue weighted by Crippen LogP contribution is 2.22. The summed E-state index contributed by atoms with van der Waals surface area (Å²) in [5.74, 6) is 2.15. The number of hydrogen-bond donors (Lipinski definition) is 0. The average Bonchev–Trinajstić information content (AvgIpc) is 2.67. The van der Waals surface area contributed by atoms with Gasteiger partial charge in [0.1, 0.15) is 5.75 Å². The molecule has 154 valence electrons. The van der Waals surface area contributed by atoms with Crippen LogP contribution in [-0.2, 0) is 4.79 Å². The number of nitrogens with zero attached hydrogens (tertiary/aromatic N) is 3. The Morgan fingerprint density at radius 3 is 2.29 bits per heavy atom. The number of piperazine rings is 1. The lowest BCUT2D eigenvalue weighted by molar-refractivity contribution is -0.135. The van der Waals surface area contributed by atoms with E-state index in [2.05, 4.69) is 18.7 Å². The van der Waals surface area contributed by atoms with E-state index in [-0.39, 0.29) is 11.8 Å². The maximum Gasteiger partial charge on any atom is 0.254 e.